The molecule has 2 rings (SSSR count). The van der Waals surface area contributed by atoms with Crippen molar-refractivity contribution in [1.82, 2.24) is 0 Å². The SMILES string of the molecule is COc1ccc(C(=O)/C=C/c2ccoc2)cc1OC. The molecule has 0 N–H and O–H groups in total. The molecule has 0 bridgehead atoms. The van der Waals surface area contributed by atoms with E-state index in [0.29, 0.717) is 17.1 Å². The minimum Gasteiger partial charge on any atom is -0.493 e. The Morgan fingerprint density at radius 1 is 1.16 bits per heavy atom. The van der Waals surface area contributed by atoms with Gasteiger partial charge in [0, 0.05) is 11.1 Å². The van der Waals surface area contributed by atoms with Gasteiger partial charge in [-0.2, -0.15) is 0 Å². The monoisotopic (exact) mass is 258 g/mol. The molecule has 0 saturated heterocycles. The summed E-state index contributed by atoms with van der Waals surface area (Å²) in [6.45, 7) is 0. The zero-order chi connectivity index (χ0) is 13.7. The van der Waals surface area contributed by atoms with Crippen LogP contribution in [0.25, 0.3) is 6.08 Å². The van der Waals surface area contributed by atoms with Crippen molar-refractivity contribution in [2.75, 3.05) is 14.2 Å². The number of methoxy groups -OCH3 is 2. The van der Waals surface area contributed by atoms with Crippen LogP contribution < -0.4 is 9.47 Å². The van der Waals surface area contributed by atoms with E-state index in [9.17, 15) is 4.79 Å². The van der Waals surface area contributed by atoms with E-state index in [4.69, 9.17) is 13.9 Å². The lowest BCUT2D eigenvalue weighted by Gasteiger charge is -2.07. The second-order valence-electron chi connectivity index (χ2n) is 3.82. The number of carbonyl (C=O) groups is 1. The van der Waals surface area contributed by atoms with Gasteiger partial charge in [0.2, 0.25) is 0 Å². The van der Waals surface area contributed by atoms with Gasteiger partial charge in [0.1, 0.15) is 0 Å². The molecule has 0 aliphatic carbocycles. The number of rotatable bonds is 5. The van der Waals surface area contributed by atoms with E-state index in [1.807, 2.05) is 0 Å². The number of ketones is 1. The van der Waals surface area contributed by atoms with Crippen LogP contribution in [0.2, 0.25) is 0 Å². The van der Waals surface area contributed by atoms with Gasteiger partial charge in [-0.3, -0.25) is 4.79 Å². The standard InChI is InChI=1S/C15H14O4/c1-17-14-6-4-12(9-15(14)18-2)13(16)5-3-11-7-8-19-10-11/h3-10H,1-2H3/b5-3+. The second-order valence-corrected chi connectivity index (χ2v) is 3.82. The van der Waals surface area contributed by atoms with Crippen molar-refractivity contribution in [3.8, 4) is 11.5 Å². The fraction of sp³-hybridized carbons (Fsp3) is 0.133. The summed E-state index contributed by atoms with van der Waals surface area (Å²) in [5, 5.41) is 0. The highest BCUT2D eigenvalue weighted by Crippen LogP contribution is 2.27. The molecular weight excluding hydrogens is 244 g/mol. The first kappa shape index (κ1) is 13.0. The predicted octanol–water partition coefficient (Wildman–Crippen LogP) is 3.19. The molecule has 0 aliphatic rings. The maximum atomic E-state index is 12.0. The third-order valence-electron chi connectivity index (χ3n) is 2.64. The van der Waals surface area contributed by atoms with Gasteiger partial charge in [-0.25, -0.2) is 0 Å². The van der Waals surface area contributed by atoms with Crippen LogP contribution in [-0.4, -0.2) is 20.0 Å². The van der Waals surface area contributed by atoms with Gasteiger partial charge in [-0.15, -0.1) is 0 Å². The number of furan rings is 1. The van der Waals surface area contributed by atoms with Gasteiger partial charge in [-0.1, -0.05) is 0 Å². The molecule has 0 aliphatic heterocycles. The summed E-state index contributed by atoms with van der Waals surface area (Å²) >= 11 is 0. The molecule has 98 valence electrons. The summed E-state index contributed by atoms with van der Waals surface area (Å²) in [5.41, 5.74) is 1.38. The molecule has 4 heteroatoms. The van der Waals surface area contributed by atoms with Gasteiger partial charge in [-0.05, 0) is 36.4 Å². The Morgan fingerprint density at radius 3 is 2.58 bits per heavy atom. The smallest absolute Gasteiger partial charge is 0.185 e. The highest BCUT2D eigenvalue weighted by atomic mass is 16.5. The zero-order valence-corrected chi connectivity index (χ0v) is 10.8. The number of hydrogen-bond donors (Lipinski definition) is 0. The minimum absolute atomic E-state index is 0.109. The summed E-state index contributed by atoms with van der Waals surface area (Å²) in [7, 11) is 3.09. The Bertz CT molecular complexity index is 582. The van der Waals surface area contributed by atoms with Crippen LogP contribution in [0.15, 0.2) is 47.3 Å². The van der Waals surface area contributed by atoms with E-state index in [1.54, 1.807) is 50.0 Å². The van der Waals surface area contributed by atoms with Crippen LogP contribution in [0, 0.1) is 0 Å². The first-order valence-electron chi connectivity index (χ1n) is 5.71. The molecule has 2 aromatic rings. The Labute approximate surface area is 111 Å². The summed E-state index contributed by atoms with van der Waals surface area (Å²) in [6, 6.07) is 6.83. The van der Waals surface area contributed by atoms with Crippen molar-refractivity contribution in [3.05, 3.63) is 54.0 Å². The van der Waals surface area contributed by atoms with Gasteiger partial charge in [0.05, 0.1) is 26.7 Å². The lowest BCUT2D eigenvalue weighted by atomic mass is 10.1. The van der Waals surface area contributed by atoms with E-state index in [-0.39, 0.29) is 5.78 Å². The van der Waals surface area contributed by atoms with E-state index in [2.05, 4.69) is 0 Å². The molecule has 0 unspecified atom stereocenters. The number of hydrogen-bond acceptors (Lipinski definition) is 4. The van der Waals surface area contributed by atoms with Crippen molar-refractivity contribution < 1.29 is 18.7 Å². The van der Waals surface area contributed by atoms with E-state index < -0.39 is 0 Å². The van der Waals surface area contributed by atoms with E-state index in [0.717, 1.165) is 5.56 Å². The third-order valence-corrected chi connectivity index (χ3v) is 2.64. The van der Waals surface area contributed by atoms with Crippen LogP contribution in [0.1, 0.15) is 15.9 Å². The van der Waals surface area contributed by atoms with Crippen molar-refractivity contribution in [1.29, 1.82) is 0 Å². The fourth-order valence-electron chi connectivity index (χ4n) is 1.63. The fourth-order valence-corrected chi connectivity index (χ4v) is 1.63. The highest BCUT2D eigenvalue weighted by molar-refractivity contribution is 6.07. The zero-order valence-electron chi connectivity index (χ0n) is 10.8. The molecule has 4 nitrogen and oxygen atoms in total. The van der Waals surface area contributed by atoms with Crippen molar-refractivity contribution in [2.24, 2.45) is 0 Å². The molecule has 0 atom stereocenters. The van der Waals surface area contributed by atoms with Crippen molar-refractivity contribution in [2.45, 2.75) is 0 Å². The molecule has 1 aromatic carbocycles. The Hall–Kier alpha value is -2.49. The number of ether oxygens (including phenoxy) is 2. The van der Waals surface area contributed by atoms with Crippen LogP contribution in [-0.2, 0) is 0 Å². The predicted molar refractivity (Wildman–Crippen MR) is 71.6 cm³/mol. The first-order valence-corrected chi connectivity index (χ1v) is 5.71. The average molecular weight is 258 g/mol. The summed E-state index contributed by atoms with van der Waals surface area (Å²) in [6.07, 6.45) is 6.31. The number of benzene rings is 1. The quantitative estimate of drug-likeness (QED) is 0.610. The molecule has 0 amide bonds. The van der Waals surface area contributed by atoms with Crippen LogP contribution >= 0.6 is 0 Å². The Balaban J connectivity index is 2.19. The number of allylic oxidation sites excluding steroid dienone is 1. The normalized spacial score (nSPS) is 10.6. The average Bonchev–Trinajstić information content (AvgIpc) is 2.97. The summed E-state index contributed by atoms with van der Waals surface area (Å²) in [5.74, 6) is 1.02. The van der Waals surface area contributed by atoms with Crippen LogP contribution in [0.3, 0.4) is 0 Å². The maximum absolute atomic E-state index is 12.0. The maximum Gasteiger partial charge on any atom is 0.185 e. The Kier molecular flexibility index (Phi) is 4.03. The van der Waals surface area contributed by atoms with Gasteiger partial charge in [0.25, 0.3) is 0 Å². The van der Waals surface area contributed by atoms with Gasteiger partial charge < -0.3 is 13.9 Å². The highest BCUT2D eigenvalue weighted by Gasteiger charge is 2.08. The molecule has 0 spiro atoms. The van der Waals surface area contributed by atoms with Crippen molar-refractivity contribution >= 4 is 11.9 Å². The summed E-state index contributed by atoms with van der Waals surface area (Å²) < 4.78 is 15.2. The van der Waals surface area contributed by atoms with Gasteiger partial charge >= 0.3 is 0 Å². The topological polar surface area (TPSA) is 48.7 Å². The van der Waals surface area contributed by atoms with Gasteiger partial charge in [0.15, 0.2) is 17.3 Å². The summed E-state index contributed by atoms with van der Waals surface area (Å²) in [4.78, 5) is 12.0. The van der Waals surface area contributed by atoms with E-state index >= 15 is 0 Å². The molecule has 1 aromatic heterocycles. The lowest BCUT2D eigenvalue weighted by molar-refractivity contribution is 0.104. The molecule has 1 heterocycles. The molecular formula is C15H14O4. The first-order chi connectivity index (χ1) is 9.24. The Morgan fingerprint density at radius 2 is 1.95 bits per heavy atom. The second kappa shape index (κ2) is 5.91. The van der Waals surface area contributed by atoms with Crippen LogP contribution in [0.4, 0.5) is 0 Å². The minimum atomic E-state index is -0.109. The van der Waals surface area contributed by atoms with Crippen molar-refractivity contribution in [3.63, 3.8) is 0 Å². The molecule has 0 saturated carbocycles. The number of carbonyl (C=O) groups excluding carboxylic acids is 1. The largest absolute Gasteiger partial charge is 0.493 e. The molecule has 0 fully saturated rings. The third kappa shape index (κ3) is 3.04. The van der Waals surface area contributed by atoms with E-state index in [1.165, 1.54) is 13.2 Å². The van der Waals surface area contributed by atoms with Crippen LogP contribution in [0.5, 0.6) is 11.5 Å². The molecule has 19 heavy (non-hydrogen) atoms. The molecule has 0 radical (unpaired) electrons. The lowest BCUT2D eigenvalue weighted by Crippen LogP contribution is -1.97.